The second kappa shape index (κ2) is 10.4. The molecule has 1 aromatic heterocycles. The highest BCUT2D eigenvalue weighted by Gasteiger charge is 2.37. The predicted octanol–water partition coefficient (Wildman–Crippen LogP) is 1.56. The molecule has 4 rings (SSSR count). The van der Waals surface area contributed by atoms with Gasteiger partial charge in [-0.1, -0.05) is 6.07 Å². The van der Waals surface area contributed by atoms with Crippen molar-refractivity contribution in [2.45, 2.75) is 25.9 Å². The summed E-state index contributed by atoms with van der Waals surface area (Å²) in [6.45, 7) is 4.50. The molecule has 0 aliphatic carbocycles. The van der Waals surface area contributed by atoms with Gasteiger partial charge < -0.3 is 24.5 Å². The second-order valence-corrected chi connectivity index (χ2v) is 8.38. The number of imidazole rings is 1. The first-order valence-electron chi connectivity index (χ1n) is 11.3. The molecule has 10 nitrogen and oxygen atoms in total. The van der Waals surface area contributed by atoms with Crippen molar-refractivity contribution in [1.29, 1.82) is 0 Å². The Hall–Kier alpha value is -3.57. The average Bonchev–Trinajstić information content (AvgIpc) is 3.25. The molecular formula is C24H28FN5O5. The molecule has 0 amide bonds. The van der Waals surface area contributed by atoms with E-state index in [0.717, 1.165) is 0 Å². The molecule has 0 spiro atoms. The first-order chi connectivity index (χ1) is 16.8. The number of halogens is 1. The van der Waals surface area contributed by atoms with Gasteiger partial charge in [-0.15, -0.1) is 0 Å². The highest BCUT2D eigenvalue weighted by molar-refractivity contribution is 6.02. The maximum Gasteiger partial charge on any atom is 0.338 e. The first-order valence-corrected chi connectivity index (χ1v) is 11.3. The van der Waals surface area contributed by atoms with E-state index in [2.05, 4.69) is 10.3 Å². The summed E-state index contributed by atoms with van der Waals surface area (Å²) < 4.78 is 26.4. The molecule has 35 heavy (non-hydrogen) atoms. The van der Waals surface area contributed by atoms with Crippen LogP contribution >= 0.6 is 0 Å². The first kappa shape index (κ1) is 24.6. The van der Waals surface area contributed by atoms with Crippen LogP contribution in [0.1, 0.15) is 29.9 Å². The number of aliphatic carboxylic acids is 1. The fourth-order valence-electron chi connectivity index (χ4n) is 4.31. The van der Waals surface area contributed by atoms with Gasteiger partial charge in [0.15, 0.2) is 11.7 Å². The molecule has 2 N–H and O–H groups in total. The van der Waals surface area contributed by atoms with Gasteiger partial charge in [-0.2, -0.15) is 0 Å². The number of morpholine rings is 1. The van der Waals surface area contributed by atoms with Crippen molar-refractivity contribution in [3.05, 3.63) is 64.6 Å². The summed E-state index contributed by atoms with van der Waals surface area (Å²) >= 11 is 0. The summed E-state index contributed by atoms with van der Waals surface area (Å²) in [6, 6.07) is 2.64. The number of carbonyl (C=O) groups is 2. The second-order valence-electron chi connectivity index (χ2n) is 8.38. The molecule has 1 fully saturated rings. The maximum absolute atomic E-state index is 13.9. The van der Waals surface area contributed by atoms with Crippen LogP contribution in [-0.2, 0) is 26.1 Å². The van der Waals surface area contributed by atoms with Crippen LogP contribution in [0.4, 0.5) is 4.39 Å². The Balaban J connectivity index is 1.85. The number of carboxylic acids is 1. The Morgan fingerprint density at radius 3 is 2.83 bits per heavy atom. The number of carbonyl (C=O) groups excluding carboxylic acids is 1. The lowest BCUT2D eigenvalue weighted by atomic mass is 9.92. The summed E-state index contributed by atoms with van der Waals surface area (Å²) in [4.78, 5) is 36.0. The molecule has 2 aliphatic heterocycles. The predicted molar refractivity (Wildman–Crippen MR) is 124 cm³/mol. The lowest BCUT2D eigenvalue weighted by Gasteiger charge is -2.36. The van der Waals surface area contributed by atoms with Crippen LogP contribution in [0.15, 0.2) is 46.9 Å². The molecule has 0 bridgehead atoms. The zero-order valence-corrected chi connectivity index (χ0v) is 19.8. The van der Waals surface area contributed by atoms with Gasteiger partial charge in [-0.25, -0.2) is 14.2 Å². The number of benzene rings is 1. The molecular weight excluding hydrogens is 457 g/mol. The Morgan fingerprint density at radius 2 is 2.17 bits per heavy atom. The molecule has 1 aromatic carbocycles. The van der Waals surface area contributed by atoms with E-state index in [0.29, 0.717) is 41.6 Å². The standard InChI is InChI=1S/C24H28FN5O5/c1-4-35-24(33)19-17(12-30-9-10-34-13-18(30)23(31)32)27-21(22-26-7-8-29(22)3)28-20(19)16-6-5-15(25)11-14(16)2/h5-8,11,18,20H,4,9-10,12-13H2,1-3H3,(H,27,28)(H,31,32). The minimum absolute atomic E-state index is 0.0398. The number of hydrogen-bond acceptors (Lipinski definition) is 8. The fourth-order valence-corrected chi connectivity index (χ4v) is 4.31. The lowest BCUT2D eigenvalue weighted by Crippen LogP contribution is -2.52. The zero-order chi connectivity index (χ0) is 25.1. The molecule has 0 radical (unpaired) electrons. The number of nitrogens with zero attached hydrogens (tertiary/aromatic N) is 4. The van der Waals surface area contributed by atoms with Gasteiger partial charge >= 0.3 is 11.9 Å². The Morgan fingerprint density at radius 1 is 1.37 bits per heavy atom. The monoisotopic (exact) mass is 485 g/mol. The smallest absolute Gasteiger partial charge is 0.338 e. The quantitative estimate of drug-likeness (QED) is 0.568. The van der Waals surface area contributed by atoms with Gasteiger partial charge in [-0.05, 0) is 37.1 Å². The summed E-state index contributed by atoms with van der Waals surface area (Å²) in [6.07, 6.45) is 3.40. The van der Waals surface area contributed by atoms with E-state index in [-0.39, 0.29) is 25.3 Å². The maximum atomic E-state index is 13.9. The molecule has 3 heterocycles. The van der Waals surface area contributed by atoms with E-state index in [1.165, 1.54) is 12.1 Å². The third-order valence-electron chi connectivity index (χ3n) is 6.07. The highest BCUT2D eigenvalue weighted by atomic mass is 19.1. The third kappa shape index (κ3) is 5.10. The largest absolute Gasteiger partial charge is 0.480 e. The number of aryl methyl sites for hydroxylation is 2. The molecule has 0 saturated carbocycles. The zero-order valence-electron chi connectivity index (χ0n) is 19.8. The summed E-state index contributed by atoms with van der Waals surface area (Å²) in [5.74, 6) is -1.04. The van der Waals surface area contributed by atoms with Gasteiger partial charge in [0.25, 0.3) is 0 Å². The van der Waals surface area contributed by atoms with Crippen molar-refractivity contribution in [3.63, 3.8) is 0 Å². The van der Waals surface area contributed by atoms with E-state index < -0.39 is 29.8 Å². The van der Waals surface area contributed by atoms with Crippen LogP contribution in [-0.4, -0.2) is 76.3 Å². The lowest BCUT2D eigenvalue weighted by molar-refractivity contribution is -0.149. The molecule has 2 aliphatic rings. The molecule has 2 aromatic rings. The molecule has 2 unspecified atom stereocenters. The van der Waals surface area contributed by atoms with Gasteiger partial charge in [0.05, 0.1) is 25.4 Å². The minimum atomic E-state index is -1.01. The normalized spacial score (nSPS) is 20.9. The molecule has 186 valence electrons. The van der Waals surface area contributed by atoms with Gasteiger partial charge in [-0.3, -0.25) is 14.7 Å². The van der Waals surface area contributed by atoms with Crippen LogP contribution in [0.5, 0.6) is 0 Å². The van der Waals surface area contributed by atoms with E-state index in [1.807, 2.05) is 7.05 Å². The van der Waals surface area contributed by atoms with Gasteiger partial charge in [0.1, 0.15) is 17.9 Å². The Kier molecular flexibility index (Phi) is 7.27. The molecule has 2 atom stereocenters. The fraction of sp³-hybridized carbons (Fsp3) is 0.417. The number of nitrogens with one attached hydrogen (secondary N) is 1. The third-order valence-corrected chi connectivity index (χ3v) is 6.07. The molecule has 1 saturated heterocycles. The summed E-state index contributed by atoms with van der Waals surface area (Å²) in [5, 5.41) is 12.9. The topological polar surface area (TPSA) is 118 Å². The SMILES string of the molecule is CCOC(=O)C1=C(CN2CCOCC2C(=O)O)NC(c2nccn2C)=NC1c1ccc(F)cc1C. The van der Waals surface area contributed by atoms with E-state index in [9.17, 15) is 19.1 Å². The number of aliphatic imine (C=N–C) groups is 1. The van der Waals surface area contributed by atoms with Crippen molar-refractivity contribution in [2.24, 2.45) is 12.0 Å². The average molecular weight is 486 g/mol. The molecule has 11 heteroatoms. The van der Waals surface area contributed by atoms with Gasteiger partial charge in [0.2, 0.25) is 0 Å². The summed E-state index contributed by atoms with van der Waals surface area (Å²) in [5.41, 5.74) is 1.96. The Bertz CT molecular complexity index is 1190. The number of hydrogen-bond donors (Lipinski definition) is 2. The van der Waals surface area contributed by atoms with Crippen molar-refractivity contribution in [3.8, 4) is 0 Å². The van der Waals surface area contributed by atoms with E-state index >= 15 is 0 Å². The number of carboxylic acid groups (broad SMARTS) is 1. The number of rotatable bonds is 7. The number of amidine groups is 1. The van der Waals surface area contributed by atoms with Crippen LogP contribution in [0.2, 0.25) is 0 Å². The van der Waals surface area contributed by atoms with E-state index in [1.54, 1.807) is 41.8 Å². The van der Waals surface area contributed by atoms with Crippen LogP contribution in [0, 0.1) is 12.7 Å². The van der Waals surface area contributed by atoms with Crippen LogP contribution in [0.25, 0.3) is 0 Å². The number of ether oxygens (including phenoxy) is 2. The number of esters is 1. The van der Waals surface area contributed by atoms with Crippen molar-refractivity contribution in [2.75, 3.05) is 32.9 Å². The van der Waals surface area contributed by atoms with E-state index in [4.69, 9.17) is 14.5 Å². The van der Waals surface area contributed by atoms with Crippen LogP contribution in [0.3, 0.4) is 0 Å². The Labute approximate surface area is 202 Å². The number of aromatic nitrogens is 2. The van der Waals surface area contributed by atoms with Crippen LogP contribution < -0.4 is 5.32 Å². The van der Waals surface area contributed by atoms with Crippen molar-refractivity contribution < 1.29 is 28.6 Å². The van der Waals surface area contributed by atoms with Gasteiger partial charge in [0, 0.05) is 38.2 Å². The highest BCUT2D eigenvalue weighted by Crippen LogP contribution is 2.35. The van der Waals surface area contributed by atoms with Crippen molar-refractivity contribution >= 4 is 17.8 Å². The summed E-state index contributed by atoms with van der Waals surface area (Å²) in [7, 11) is 1.82. The van der Waals surface area contributed by atoms with Crippen molar-refractivity contribution in [1.82, 2.24) is 19.8 Å². The minimum Gasteiger partial charge on any atom is -0.480 e.